The molecule has 0 aliphatic rings. The monoisotopic (exact) mass is 181 g/mol. The number of pyridine rings is 1. The van der Waals surface area contributed by atoms with Gasteiger partial charge in [-0.3, -0.25) is 0 Å². The Hall–Kier alpha value is -1.09. The van der Waals surface area contributed by atoms with Crippen LogP contribution in [0.4, 0.5) is 0 Å². The number of nitrogens with zero attached hydrogens (tertiary/aromatic N) is 1. The average molecular weight is 181 g/mol. The third kappa shape index (κ3) is 3.03. The second-order valence-electron chi connectivity index (χ2n) is 3.66. The Balaban J connectivity index is 2.87. The van der Waals surface area contributed by atoms with Gasteiger partial charge in [-0.15, -0.1) is 0 Å². The molecular weight excluding hydrogens is 166 g/mol. The van der Waals surface area contributed by atoms with E-state index in [1.165, 1.54) is 0 Å². The van der Waals surface area contributed by atoms with Crippen molar-refractivity contribution in [2.75, 3.05) is 7.11 Å². The van der Waals surface area contributed by atoms with Crippen LogP contribution in [0, 0.1) is 0 Å². The molecule has 0 spiro atoms. The SMILES string of the molecule is COc1ncccc1CC(C)(C)O. The molecule has 0 fully saturated rings. The quantitative estimate of drug-likeness (QED) is 0.766. The Morgan fingerprint density at radius 1 is 1.54 bits per heavy atom. The van der Waals surface area contributed by atoms with Gasteiger partial charge in [-0.1, -0.05) is 6.07 Å². The highest BCUT2D eigenvalue weighted by molar-refractivity contribution is 5.26. The largest absolute Gasteiger partial charge is 0.481 e. The molecule has 0 saturated carbocycles. The lowest BCUT2D eigenvalue weighted by Gasteiger charge is -2.17. The highest BCUT2D eigenvalue weighted by Gasteiger charge is 2.16. The number of hydrogen-bond acceptors (Lipinski definition) is 3. The summed E-state index contributed by atoms with van der Waals surface area (Å²) in [5.74, 6) is 0.588. The Bertz CT molecular complexity index is 278. The molecule has 0 saturated heterocycles. The summed E-state index contributed by atoms with van der Waals surface area (Å²) in [6.07, 6.45) is 2.22. The van der Waals surface area contributed by atoms with Crippen molar-refractivity contribution in [3.8, 4) is 5.88 Å². The van der Waals surface area contributed by atoms with Crippen molar-refractivity contribution in [1.29, 1.82) is 0 Å². The maximum atomic E-state index is 9.61. The minimum absolute atomic E-state index is 0.546. The topological polar surface area (TPSA) is 42.4 Å². The molecule has 72 valence electrons. The van der Waals surface area contributed by atoms with Gasteiger partial charge in [0.05, 0.1) is 12.7 Å². The summed E-state index contributed by atoms with van der Waals surface area (Å²) < 4.78 is 5.07. The molecule has 13 heavy (non-hydrogen) atoms. The van der Waals surface area contributed by atoms with Crippen LogP contribution in [0.1, 0.15) is 19.4 Å². The number of ether oxygens (including phenoxy) is 1. The fourth-order valence-electron chi connectivity index (χ4n) is 1.21. The smallest absolute Gasteiger partial charge is 0.216 e. The molecule has 0 aliphatic carbocycles. The van der Waals surface area contributed by atoms with Gasteiger partial charge in [-0.25, -0.2) is 4.98 Å². The molecule has 0 radical (unpaired) electrons. The van der Waals surface area contributed by atoms with Crippen molar-refractivity contribution < 1.29 is 9.84 Å². The Morgan fingerprint density at radius 2 is 2.23 bits per heavy atom. The second-order valence-corrected chi connectivity index (χ2v) is 3.66. The third-order valence-corrected chi connectivity index (χ3v) is 1.67. The predicted molar refractivity (Wildman–Crippen MR) is 50.8 cm³/mol. The first-order chi connectivity index (χ1) is 6.03. The molecule has 0 bridgehead atoms. The first-order valence-electron chi connectivity index (χ1n) is 4.23. The molecule has 3 nitrogen and oxygen atoms in total. The summed E-state index contributed by atoms with van der Waals surface area (Å²) in [7, 11) is 1.58. The van der Waals surface area contributed by atoms with Crippen LogP contribution in [0.25, 0.3) is 0 Å². The van der Waals surface area contributed by atoms with Gasteiger partial charge >= 0.3 is 0 Å². The number of methoxy groups -OCH3 is 1. The van der Waals surface area contributed by atoms with Gasteiger partial charge in [0, 0.05) is 18.2 Å². The van der Waals surface area contributed by atoms with Crippen LogP contribution in [0.3, 0.4) is 0 Å². The van der Waals surface area contributed by atoms with Gasteiger partial charge in [0.2, 0.25) is 5.88 Å². The van der Waals surface area contributed by atoms with E-state index in [9.17, 15) is 5.11 Å². The van der Waals surface area contributed by atoms with Crippen molar-refractivity contribution in [2.45, 2.75) is 25.9 Å². The van der Waals surface area contributed by atoms with E-state index < -0.39 is 5.60 Å². The lowest BCUT2D eigenvalue weighted by molar-refractivity contribution is 0.0801. The first-order valence-corrected chi connectivity index (χ1v) is 4.23. The maximum absolute atomic E-state index is 9.61. The van der Waals surface area contributed by atoms with Crippen molar-refractivity contribution in [3.05, 3.63) is 23.9 Å². The highest BCUT2D eigenvalue weighted by atomic mass is 16.5. The molecular formula is C10H15NO2. The van der Waals surface area contributed by atoms with E-state index in [4.69, 9.17) is 4.74 Å². The Kier molecular flexibility index (Phi) is 2.88. The third-order valence-electron chi connectivity index (χ3n) is 1.67. The molecule has 0 amide bonds. The fourth-order valence-corrected chi connectivity index (χ4v) is 1.21. The van der Waals surface area contributed by atoms with Gasteiger partial charge in [0.1, 0.15) is 0 Å². The standard InChI is InChI=1S/C10H15NO2/c1-10(2,12)7-8-5-4-6-11-9(8)13-3/h4-6,12H,7H2,1-3H3. The fraction of sp³-hybridized carbons (Fsp3) is 0.500. The normalized spacial score (nSPS) is 11.4. The first kappa shape index (κ1) is 9.99. The summed E-state index contributed by atoms with van der Waals surface area (Å²) in [4.78, 5) is 4.05. The van der Waals surface area contributed by atoms with E-state index in [0.29, 0.717) is 12.3 Å². The zero-order valence-electron chi connectivity index (χ0n) is 8.24. The molecule has 1 heterocycles. The van der Waals surface area contributed by atoms with E-state index in [2.05, 4.69) is 4.98 Å². The van der Waals surface area contributed by atoms with E-state index in [1.54, 1.807) is 27.2 Å². The van der Waals surface area contributed by atoms with E-state index in [1.807, 2.05) is 12.1 Å². The highest BCUT2D eigenvalue weighted by Crippen LogP contribution is 2.19. The number of rotatable bonds is 3. The van der Waals surface area contributed by atoms with Crippen molar-refractivity contribution in [1.82, 2.24) is 4.98 Å². The molecule has 1 aromatic rings. The van der Waals surface area contributed by atoms with Crippen LogP contribution in [0.2, 0.25) is 0 Å². The van der Waals surface area contributed by atoms with Gasteiger partial charge < -0.3 is 9.84 Å². The van der Waals surface area contributed by atoms with Crippen LogP contribution in [-0.4, -0.2) is 22.8 Å². The van der Waals surface area contributed by atoms with Crippen molar-refractivity contribution >= 4 is 0 Å². The summed E-state index contributed by atoms with van der Waals surface area (Å²) in [6.45, 7) is 3.53. The minimum Gasteiger partial charge on any atom is -0.481 e. The minimum atomic E-state index is -0.726. The average Bonchev–Trinajstić information content (AvgIpc) is 2.02. The molecule has 0 aromatic carbocycles. The van der Waals surface area contributed by atoms with Crippen LogP contribution in [0.5, 0.6) is 5.88 Å². The molecule has 0 unspecified atom stereocenters. The maximum Gasteiger partial charge on any atom is 0.216 e. The lowest BCUT2D eigenvalue weighted by atomic mass is 10.00. The van der Waals surface area contributed by atoms with Crippen LogP contribution >= 0.6 is 0 Å². The van der Waals surface area contributed by atoms with Crippen molar-refractivity contribution in [2.24, 2.45) is 0 Å². The van der Waals surface area contributed by atoms with Crippen LogP contribution in [0.15, 0.2) is 18.3 Å². The van der Waals surface area contributed by atoms with Gasteiger partial charge in [-0.05, 0) is 19.9 Å². The molecule has 1 aromatic heterocycles. The summed E-state index contributed by atoms with van der Waals surface area (Å²) in [6, 6.07) is 3.74. The van der Waals surface area contributed by atoms with Gasteiger partial charge in [0.25, 0.3) is 0 Å². The second kappa shape index (κ2) is 3.75. The van der Waals surface area contributed by atoms with Gasteiger partial charge in [-0.2, -0.15) is 0 Å². The van der Waals surface area contributed by atoms with E-state index >= 15 is 0 Å². The summed E-state index contributed by atoms with van der Waals surface area (Å²) >= 11 is 0. The zero-order chi connectivity index (χ0) is 9.90. The van der Waals surface area contributed by atoms with Gasteiger partial charge in [0.15, 0.2) is 0 Å². The predicted octanol–water partition coefficient (Wildman–Crippen LogP) is 1.40. The van der Waals surface area contributed by atoms with E-state index in [-0.39, 0.29) is 0 Å². The number of aliphatic hydroxyl groups is 1. The number of aromatic nitrogens is 1. The number of hydrogen-bond donors (Lipinski definition) is 1. The molecule has 1 rings (SSSR count). The summed E-state index contributed by atoms with van der Waals surface area (Å²) in [5.41, 5.74) is 0.202. The van der Waals surface area contributed by atoms with Crippen LogP contribution < -0.4 is 4.74 Å². The molecule has 0 aliphatic heterocycles. The zero-order valence-corrected chi connectivity index (χ0v) is 8.24. The molecule has 1 N–H and O–H groups in total. The lowest BCUT2D eigenvalue weighted by Crippen LogP contribution is -2.22. The molecule has 0 atom stereocenters. The van der Waals surface area contributed by atoms with Crippen LogP contribution in [-0.2, 0) is 6.42 Å². The Labute approximate surface area is 78.4 Å². The summed E-state index contributed by atoms with van der Waals surface area (Å²) in [5, 5.41) is 9.61. The molecule has 3 heteroatoms. The van der Waals surface area contributed by atoms with E-state index in [0.717, 1.165) is 5.56 Å². The Morgan fingerprint density at radius 3 is 2.77 bits per heavy atom. The van der Waals surface area contributed by atoms with Crippen molar-refractivity contribution in [3.63, 3.8) is 0 Å².